The van der Waals surface area contributed by atoms with Crippen LogP contribution in [0.3, 0.4) is 0 Å². The minimum absolute atomic E-state index is 0.0425. The first kappa shape index (κ1) is 15.8. The Morgan fingerprint density at radius 2 is 2.00 bits per heavy atom. The number of rotatable bonds is 5. The number of aryl methyl sites for hydroxylation is 1. The molecule has 3 N–H and O–H groups in total. The van der Waals surface area contributed by atoms with E-state index < -0.39 is 5.54 Å². The smallest absolute Gasteiger partial charge is 0.320 e. The molecule has 3 rings (SSSR count). The zero-order valence-electron chi connectivity index (χ0n) is 13.5. The predicted octanol–water partition coefficient (Wildman–Crippen LogP) is 2.35. The Morgan fingerprint density at radius 3 is 2.61 bits per heavy atom. The lowest BCUT2D eigenvalue weighted by molar-refractivity contribution is -0.127. The van der Waals surface area contributed by atoms with Crippen molar-refractivity contribution < 1.29 is 9.59 Å². The molecule has 0 saturated heterocycles. The van der Waals surface area contributed by atoms with Gasteiger partial charge in [-0.1, -0.05) is 12.8 Å². The molecule has 0 aliphatic heterocycles. The fourth-order valence-electron chi connectivity index (χ4n) is 3.04. The molecule has 1 heterocycles. The SMILES string of the molecule is Cc1ccc(NC(=O)NC2(C(=O)NCC3CC3)CCCC2)cn1. The average molecular weight is 316 g/mol. The van der Waals surface area contributed by atoms with Gasteiger partial charge in [-0.05, 0) is 50.7 Å². The maximum absolute atomic E-state index is 12.6. The summed E-state index contributed by atoms with van der Waals surface area (Å²) in [7, 11) is 0. The number of carbonyl (C=O) groups excluding carboxylic acids is 2. The number of carbonyl (C=O) groups is 2. The van der Waals surface area contributed by atoms with Crippen LogP contribution in [-0.2, 0) is 4.79 Å². The number of aromatic nitrogens is 1. The first-order valence-electron chi connectivity index (χ1n) is 8.37. The number of hydrogen-bond acceptors (Lipinski definition) is 3. The fourth-order valence-corrected chi connectivity index (χ4v) is 3.04. The molecule has 6 nitrogen and oxygen atoms in total. The standard InChI is InChI=1S/C17H24N4O2/c1-12-4-7-14(11-18-12)20-16(23)21-17(8-2-3-9-17)15(22)19-10-13-5-6-13/h4,7,11,13H,2-3,5-6,8-10H2,1H3,(H,19,22)(H2,20,21,23). The van der Waals surface area contributed by atoms with Crippen LogP contribution in [0.15, 0.2) is 18.3 Å². The number of nitrogens with one attached hydrogen (secondary N) is 3. The molecule has 124 valence electrons. The lowest BCUT2D eigenvalue weighted by Crippen LogP contribution is -2.58. The Bertz CT molecular complexity index is 575. The molecular formula is C17H24N4O2. The molecule has 2 aliphatic rings. The van der Waals surface area contributed by atoms with Crippen molar-refractivity contribution in [3.63, 3.8) is 0 Å². The molecule has 2 aliphatic carbocycles. The van der Waals surface area contributed by atoms with Gasteiger partial charge < -0.3 is 16.0 Å². The lowest BCUT2D eigenvalue weighted by atomic mass is 9.96. The fraction of sp³-hybridized carbons (Fsp3) is 0.588. The average Bonchev–Trinajstić information content (AvgIpc) is 3.25. The summed E-state index contributed by atoms with van der Waals surface area (Å²) in [5.41, 5.74) is 0.749. The van der Waals surface area contributed by atoms with Gasteiger partial charge in [0.1, 0.15) is 5.54 Å². The normalized spacial score (nSPS) is 19.2. The second-order valence-corrected chi connectivity index (χ2v) is 6.71. The number of urea groups is 1. The van der Waals surface area contributed by atoms with E-state index in [2.05, 4.69) is 20.9 Å². The minimum Gasteiger partial charge on any atom is -0.354 e. The van der Waals surface area contributed by atoms with Gasteiger partial charge in [-0.15, -0.1) is 0 Å². The lowest BCUT2D eigenvalue weighted by Gasteiger charge is -2.29. The van der Waals surface area contributed by atoms with Crippen LogP contribution in [0.2, 0.25) is 0 Å². The minimum atomic E-state index is -0.767. The van der Waals surface area contributed by atoms with Crippen molar-refractivity contribution >= 4 is 17.6 Å². The molecule has 23 heavy (non-hydrogen) atoms. The van der Waals surface area contributed by atoms with E-state index in [1.54, 1.807) is 12.3 Å². The van der Waals surface area contributed by atoms with Crippen molar-refractivity contribution in [3.05, 3.63) is 24.0 Å². The Kier molecular flexibility index (Phi) is 4.50. The Hall–Kier alpha value is -2.11. The Morgan fingerprint density at radius 1 is 1.26 bits per heavy atom. The summed E-state index contributed by atoms with van der Waals surface area (Å²) in [6, 6.07) is 3.29. The maximum atomic E-state index is 12.6. The highest BCUT2D eigenvalue weighted by molar-refractivity contribution is 5.96. The van der Waals surface area contributed by atoms with E-state index in [9.17, 15) is 9.59 Å². The van der Waals surface area contributed by atoms with Crippen LogP contribution in [-0.4, -0.2) is 29.0 Å². The largest absolute Gasteiger partial charge is 0.354 e. The molecule has 0 bridgehead atoms. The van der Waals surface area contributed by atoms with Gasteiger partial charge in [0.05, 0.1) is 11.9 Å². The summed E-state index contributed by atoms with van der Waals surface area (Å²) in [6.07, 6.45) is 7.32. The van der Waals surface area contributed by atoms with E-state index in [1.165, 1.54) is 12.8 Å². The number of hydrogen-bond donors (Lipinski definition) is 3. The highest BCUT2D eigenvalue weighted by Crippen LogP contribution is 2.31. The van der Waals surface area contributed by atoms with Gasteiger partial charge in [-0.25, -0.2) is 4.79 Å². The van der Waals surface area contributed by atoms with Crippen LogP contribution in [0, 0.1) is 12.8 Å². The van der Waals surface area contributed by atoms with Crippen LogP contribution in [0.5, 0.6) is 0 Å². The van der Waals surface area contributed by atoms with Gasteiger partial charge in [0, 0.05) is 12.2 Å². The van der Waals surface area contributed by atoms with Gasteiger partial charge in [0.25, 0.3) is 0 Å². The number of anilines is 1. The number of pyridine rings is 1. The maximum Gasteiger partial charge on any atom is 0.320 e. The van der Waals surface area contributed by atoms with Crippen LogP contribution in [0.4, 0.5) is 10.5 Å². The molecule has 3 amide bonds. The van der Waals surface area contributed by atoms with Gasteiger partial charge in [0.15, 0.2) is 0 Å². The zero-order valence-corrected chi connectivity index (χ0v) is 13.5. The zero-order chi connectivity index (χ0) is 16.3. The van der Waals surface area contributed by atoms with Gasteiger partial charge >= 0.3 is 6.03 Å². The van der Waals surface area contributed by atoms with E-state index in [4.69, 9.17) is 0 Å². The van der Waals surface area contributed by atoms with E-state index in [0.717, 1.165) is 25.1 Å². The third-order valence-electron chi connectivity index (χ3n) is 4.66. The molecule has 1 aromatic heterocycles. The molecule has 0 spiro atoms. The molecule has 6 heteroatoms. The first-order valence-corrected chi connectivity index (χ1v) is 8.37. The second-order valence-electron chi connectivity index (χ2n) is 6.71. The van der Waals surface area contributed by atoms with Crippen molar-refractivity contribution in [2.75, 3.05) is 11.9 Å². The molecule has 0 radical (unpaired) electrons. The van der Waals surface area contributed by atoms with Crippen LogP contribution < -0.4 is 16.0 Å². The third kappa shape index (κ3) is 4.00. The predicted molar refractivity (Wildman–Crippen MR) is 88.1 cm³/mol. The van der Waals surface area contributed by atoms with Crippen LogP contribution >= 0.6 is 0 Å². The summed E-state index contributed by atoms with van der Waals surface area (Å²) in [4.78, 5) is 29.0. The monoisotopic (exact) mass is 316 g/mol. The van der Waals surface area contributed by atoms with Crippen molar-refractivity contribution in [2.45, 2.75) is 51.0 Å². The molecule has 2 saturated carbocycles. The molecule has 0 atom stereocenters. The summed E-state index contributed by atoms with van der Waals surface area (Å²) in [5, 5.41) is 8.68. The van der Waals surface area contributed by atoms with Gasteiger partial charge in [-0.2, -0.15) is 0 Å². The highest BCUT2D eigenvalue weighted by Gasteiger charge is 2.42. The Balaban J connectivity index is 1.60. The first-order chi connectivity index (χ1) is 11.1. The summed E-state index contributed by atoms with van der Waals surface area (Å²) in [6.45, 7) is 2.62. The van der Waals surface area contributed by atoms with Gasteiger partial charge in [0.2, 0.25) is 5.91 Å². The van der Waals surface area contributed by atoms with Crippen molar-refractivity contribution in [1.82, 2.24) is 15.6 Å². The molecule has 2 fully saturated rings. The van der Waals surface area contributed by atoms with E-state index in [1.807, 2.05) is 13.0 Å². The topological polar surface area (TPSA) is 83.1 Å². The van der Waals surface area contributed by atoms with E-state index >= 15 is 0 Å². The molecular weight excluding hydrogens is 292 g/mol. The summed E-state index contributed by atoms with van der Waals surface area (Å²) >= 11 is 0. The van der Waals surface area contributed by atoms with E-state index in [0.29, 0.717) is 24.4 Å². The highest BCUT2D eigenvalue weighted by atomic mass is 16.2. The second kappa shape index (κ2) is 6.56. The molecule has 1 aromatic rings. The Labute approximate surface area is 136 Å². The van der Waals surface area contributed by atoms with Crippen molar-refractivity contribution in [2.24, 2.45) is 5.92 Å². The van der Waals surface area contributed by atoms with E-state index in [-0.39, 0.29) is 11.9 Å². The summed E-state index contributed by atoms with van der Waals surface area (Å²) in [5.74, 6) is 0.587. The summed E-state index contributed by atoms with van der Waals surface area (Å²) < 4.78 is 0. The molecule has 0 aromatic carbocycles. The number of nitrogens with zero attached hydrogens (tertiary/aromatic N) is 1. The van der Waals surface area contributed by atoms with Crippen molar-refractivity contribution in [1.29, 1.82) is 0 Å². The van der Waals surface area contributed by atoms with Crippen LogP contribution in [0.25, 0.3) is 0 Å². The third-order valence-corrected chi connectivity index (χ3v) is 4.66. The van der Waals surface area contributed by atoms with Crippen LogP contribution in [0.1, 0.15) is 44.2 Å². The number of amides is 3. The van der Waals surface area contributed by atoms with Gasteiger partial charge in [-0.3, -0.25) is 9.78 Å². The quantitative estimate of drug-likeness (QED) is 0.780. The van der Waals surface area contributed by atoms with Crippen molar-refractivity contribution in [3.8, 4) is 0 Å². The molecule has 0 unspecified atom stereocenters.